The van der Waals surface area contributed by atoms with Gasteiger partial charge >= 0.3 is 0 Å². The molecule has 1 aliphatic rings. The summed E-state index contributed by atoms with van der Waals surface area (Å²) in [7, 11) is -3.43. The van der Waals surface area contributed by atoms with Crippen LogP contribution in [0.5, 0.6) is 0 Å². The summed E-state index contributed by atoms with van der Waals surface area (Å²) in [5.74, 6) is 0. The average Bonchev–Trinajstić information content (AvgIpc) is 2.37. The Bertz CT molecular complexity index is 471. The summed E-state index contributed by atoms with van der Waals surface area (Å²) >= 11 is 0. The summed E-state index contributed by atoms with van der Waals surface area (Å²) in [4.78, 5) is 0. The lowest BCUT2D eigenvalue weighted by molar-refractivity contribution is -0.222. The van der Waals surface area contributed by atoms with Crippen LogP contribution in [-0.2, 0) is 23.8 Å². The largest absolute Gasteiger partial charge is 0.348 e. The fourth-order valence-corrected chi connectivity index (χ4v) is 2.09. The molecule has 0 aliphatic carbocycles. The van der Waals surface area contributed by atoms with Crippen molar-refractivity contribution in [3.8, 4) is 0 Å². The van der Waals surface area contributed by atoms with Gasteiger partial charge in [-0.1, -0.05) is 30.3 Å². The number of hydrogen-bond acceptors (Lipinski definition) is 5. The summed E-state index contributed by atoms with van der Waals surface area (Å²) in [5, 5.41) is 0. The zero-order chi connectivity index (χ0) is 13.0. The SMILES string of the molecule is CS(=O)(=O)OCC1CCOC(c2ccccc2)O1. The predicted molar refractivity (Wildman–Crippen MR) is 65.4 cm³/mol. The first-order valence-corrected chi connectivity index (χ1v) is 7.53. The van der Waals surface area contributed by atoms with Gasteiger partial charge in [0, 0.05) is 5.56 Å². The molecule has 0 bridgehead atoms. The maximum absolute atomic E-state index is 10.9. The van der Waals surface area contributed by atoms with Crippen molar-refractivity contribution in [2.45, 2.75) is 18.8 Å². The van der Waals surface area contributed by atoms with Crippen LogP contribution in [0.4, 0.5) is 0 Å². The molecule has 1 heterocycles. The molecule has 0 amide bonds. The monoisotopic (exact) mass is 272 g/mol. The van der Waals surface area contributed by atoms with E-state index in [2.05, 4.69) is 0 Å². The molecular formula is C12H16O5S. The van der Waals surface area contributed by atoms with Crippen molar-refractivity contribution in [3.63, 3.8) is 0 Å². The van der Waals surface area contributed by atoms with Crippen LogP contribution in [-0.4, -0.2) is 34.0 Å². The minimum atomic E-state index is -3.43. The molecule has 18 heavy (non-hydrogen) atoms. The van der Waals surface area contributed by atoms with Gasteiger partial charge in [0.1, 0.15) is 0 Å². The molecule has 5 nitrogen and oxygen atoms in total. The van der Waals surface area contributed by atoms with Crippen molar-refractivity contribution in [1.82, 2.24) is 0 Å². The van der Waals surface area contributed by atoms with Crippen molar-refractivity contribution in [2.24, 2.45) is 0 Å². The molecule has 0 saturated carbocycles. The van der Waals surface area contributed by atoms with Gasteiger partial charge in [-0.05, 0) is 6.42 Å². The first kappa shape index (κ1) is 13.5. The summed E-state index contributed by atoms with van der Waals surface area (Å²) in [6.07, 6.45) is 0.937. The van der Waals surface area contributed by atoms with Crippen molar-refractivity contribution in [1.29, 1.82) is 0 Å². The van der Waals surface area contributed by atoms with Gasteiger partial charge < -0.3 is 9.47 Å². The second-order valence-corrected chi connectivity index (χ2v) is 5.79. The van der Waals surface area contributed by atoms with Crippen LogP contribution in [0.3, 0.4) is 0 Å². The van der Waals surface area contributed by atoms with Gasteiger partial charge in [0.25, 0.3) is 10.1 Å². The van der Waals surface area contributed by atoms with Gasteiger partial charge in [-0.2, -0.15) is 8.42 Å². The predicted octanol–water partition coefficient (Wildman–Crippen LogP) is 1.47. The fourth-order valence-electron chi connectivity index (χ4n) is 1.70. The van der Waals surface area contributed by atoms with E-state index in [-0.39, 0.29) is 12.7 Å². The third-order valence-corrected chi connectivity index (χ3v) is 3.13. The Labute approximate surface area is 107 Å². The van der Waals surface area contributed by atoms with Crippen LogP contribution in [0.2, 0.25) is 0 Å². The maximum Gasteiger partial charge on any atom is 0.264 e. The Balaban J connectivity index is 1.93. The molecule has 2 unspecified atom stereocenters. The molecule has 0 aromatic heterocycles. The van der Waals surface area contributed by atoms with E-state index in [4.69, 9.17) is 13.7 Å². The van der Waals surface area contributed by atoms with E-state index in [0.29, 0.717) is 13.0 Å². The summed E-state index contributed by atoms with van der Waals surface area (Å²) in [6.45, 7) is 0.558. The lowest BCUT2D eigenvalue weighted by Crippen LogP contribution is -2.31. The highest BCUT2D eigenvalue weighted by atomic mass is 32.2. The number of hydrogen-bond donors (Lipinski definition) is 0. The minimum Gasteiger partial charge on any atom is -0.348 e. The molecule has 1 fully saturated rings. The molecule has 1 aromatic carbocycles. The molecule has 1 aliphatic heterocycles. The summed E-state index contributed by atoms with van der Waals surface area (Å²) in [5.41, 5.74) is 0.918. The Hall–Kier alpha value is -0.950. The first-order valence-electron chi connectivity index (χ1n) is 5.71. The molecule has 2 rings (SSSR count). The van der Waals surface area contributed by atoms with E-state index in [1.165, 1.54) is 0 Å². The van der Waals surface area contributed by atoms with Gasteiger partial charge in [0.15, 0.2) is 6.29 Å². The molecule has 0 radical (unpaired) electrons. The van der Waals surface area contributed by atoms with E-state index in [1.807, 2.05) is 30.3 Å². The second kappa shape index (κ2) is 5.79. The van der Waals surface area contributed by atoms with Crippen molar-refractivity contribution < 1.29 is 22.1 Å². The van der Waals surface area contributed by atoms with E-state index in [9.17, 15) is 8.42 Å². The Morgan fingerprint density at radius 2 is 2.06 bits per heavy atom. The summed E-state index contributed by atoms with van der Waals surface area (Å²) in [6, 6.07) is 9.53. The Morgan fingerprint density at radius 1 is 1.33 bits per heavy atom. The molecular weight excluding hydrogens is 256 g/mol. The van der Waals surface area contributed by atoms with E-state index in [0.717, 1.165) is 11.8 Å². The smallest absolute Gasteiger partial charge is 0.264 e. The minimum absolute atomic E-state index is 0.0333. The first-order chi connectivity index (χ1) is 8.54. The lowest BCUT2D eigenvalue weighted by atomic mass is 10.2. The van der Waals surface area contributed by atoms with Crippen LogP contribution < -0.4 is 0 Å². The third-order valence-electron chi connectivity index (χ3n) is 2.56. The average molecular weight is 272 g/mol. The molecule has 2 atom stereocenters. The highest BCUT2D eigenvalue weighted by Gasteiger charge is 2.25. The van der Waals surface area contributed by atoms with Crippen LogP contribution in [0.15, 0.2) is 30.3 Å². The fraction of sp³-hybridized carbons (Fsp3) is 0.500. The molecule has 100 valence electrons. The van der Waals surface area contributed by atoms with Crippen LogP contribution in [0, 0.1) is 0 Å². The molecule has 6 heteroatoms. The highest BCUT2D eigenvalue weighted by molar-refractivity contribution is 7.85. The summed E-state index contributed by atoms with van der Waals surface area (Å²) < 4.78 is 37.7. The third kappa shape index (κ3) is 4.06. The second-order valence-electron chi connectivity index (χ2n) is 4.15. The normalized spacial score (nSPS) is 24.9. The van der Waals surface area contributed by atoms with Crippen molar-refractivity contribution in [2.75, 3.05) is 19.5 Å². The van der Waals surface area contributed by atoms with Crippen molar-refractivity contribution in [3.05, 3.63) is 35.9 Å². The lowest BCUT2D eigenvalue weighted by Gasteiger charge is -2.30. The zero-order valence-electron chi connectivity index (χ0n) is 10.1. The quantitative estimate of drug-likeness (QED) is 0.777. The Morgan fingerprint density at radius 3 is 2.72 bits per heavy atom. The van der Waals surface area contributed by atoms with E-state index in [1.54, 1.807) is 0 Å². The molecule has 1 saturated heterocycles. The van der Waals surface area contributed by atoms with Crippen LogP contribution >= 0.6 is 0 Å². The standard InChI is InChI=1S/C12H16O5S/c1-18(13,14)16-9-11-7-8-15-12(17-11)10-5-3-2-4-6-10/h2-6,11-12H,7-9H2,1H3. The van der Waals surface area contributed by atoms with Gasteiger partial charge in [-0.3, -0.25) is 4.18 Å². The maximum atomic E-state index is 10.9. The van der Waals surface area contributed by atoms with Gasteiger partial charge in [0.05, 0.1) is 25.6 Å². The van der Waals surface area contributed by atoms with E-state index < -0.39 is 16.4 Å². The number of ether oxygens (including phenoxy) is 2. The van der Waals surface area contributed by atoms with Crippen LogP contribution in [0.1, 0.15) is 18.3 Å². The highest BCUT2D eigenvalue weighted by Crippen LogP contribution is 2.26. The Kier molecular flexibility index (Phi) is 4.34. The zero-order valence-corrected chi connectivity index (χ0v) is 10.9. The van der Waals surface area contributed by atoms with Gasteiger partial charge in [-0.15, -0.1) is 0 Å². The van der Waals surface area contributed by atoms with Gasteiger partial charge in [-0.25, -0.2) is 0 Å². The van der Waals surface area contributed by atoms with Gasteiger partial charge in [0.2, 0.25) is 0 Å². The molecule has 0 spiro atoms. The van der Waals surface area contributed by atoms with Crippen LogP contribution in [0.25, 0.3) is 0 Å². The number of benzene rings is 1. The molecule has 0 N–H and O–H groups in total. The van der Waals surface area contributed by atoms with E-state index >= 15 is 0 Å². The number of rotatable bonds is 4. The van der Waals surface area contributed by atoms with Crippen molar-refractivity contribution >= 4 is 10.1 Å². The topological polar surface area (TPSA) is 61.8 Å². The molecule has 1 aromatic rings.